The molecule has 0 radical (unpaired) electrons. The Hall–Kier alpha value is -1.22. The van der Waals surface area contributed by atoms with Gasteiger partial charge >= 0.3 is 0 Å². The molecule has 0 spiro atoms. The highest BCUT2D eigenvalue weighted by Gasteiger charge is 2.23. The van der Waals surface area contributed by atoms with Crippen molar-refractivity contribution < 1.29 is 4.74 Å². The normalized spacial score (nSPS) is 23.1. The van der Waals surface area contributed by atoms with Gasteiger partial charge in [-0.1, -0.05) is 6.42 Å². The molecule has 0 aromatic heterocycles. The highest BCUT2D eigenvalue weighted by atomic mass is 16.5. The van der Waals surface area contributed by atoms with E-state index in [0.29, 0.717) is 12.0 Å². The number of benzene rings is 1. The second kappa shape index (κ2) is 6.10. The van der Waals surface area contributed by atoms with E-state index in [-0.39, 0.29) is 0 Å². The zero-order valence-corrected chi connectivity index (χ0v) is 11.4. The lowest BCUT2D eigenvalue weighted by atomic mass is 10.00. The minimum Gasteiger partial charge on any atom is -0.497 e. The summed E-state index contributed by atoms with van der Waals surface area (Å²) in [5.41, 5.74) is 7.35. The molecule has 1 aromatic carbocycles. The quantitative estimate of drug-likeness (QED) is 0.870. The summed E-state index contributed by atoms with van der Waals surface area (Å²) in [4.78, 5) is 2.30. The van der Waals surface area contributed by atoms with Gasteiger partial charge in [-0.3, -0.25) is 0 Å². The fourth-order valence-corrected chi connectivity index (χ4v) is 2.75. The monoisotopic (exact) mass is 248 g/mol. The van der Waals surface area contributed by atoms with Gasteiger partial charge in [-0.2, -0.15) is 0 Å². The number of ether oxygens (including phenoxy) is 1. The Kier molecular flexibility index (Phi) is 4.48. The molecule has 1 fully saturated rings. The SMILES string of the molecule is COc1ccc(N(C)CCC2CCCC2N)cc1. The third-order valence-corrected chi connectivity index (χ3v) is 4.07. The van der Waals surface area contributed by atoms with E-state index in [1.807, 2.05) is 12.1 Å². The molecule has 1 aliphatic rings. The zero-order chi connectivity index (χ0) is 13.0. The number of anilines is 1. The fraction of sp³-hybridized carbons (Fsp3) is 0.600. The number of hydrogen-bond acceptors (Lipinski definition) is 3. The van der Waals surface area contributed by atoms with Crippen molar-refractivity contribution in [3.05, 3.63) is 24.3 Å². The minimum atomic E-state index is 0.425. The first kappa shape index (κ1) is 13.2. The van der Waals surface area contributed by atoms with Gasteiger partial charge in [-0.15, -0.1) is 0 Å². The molecule has 2 atom stereocenters. The van der Waals surface area contributed by atoms with Crippen molar-refractivity contribution in [2.45, 2.75) is 31.7 Å². The number of hydrogen-bond donors (Lipinski definition) is 1. The summed E-state index contributed by atoms with van der Waals surface area (Å²) in [6.07, 6.45) is 5.01. The van der Waals surface area contributed by atoms with Crippen molar-refractivity contribution in [1.29, 1.82) is 0 Å². The van der Waals surface area contributed by atoms with E-state index < -0.39 is 0 Å². The molecule has 2 rings (SSSR count). The lowest BCUT2D eigenvalue weighted by molar-refractivity contribution is 0.414. The van der Waals surface area contributed by atoms with Crippen LogP contribution < -0.4 is 15.4 Å². The lowest BCUT2D eigenvalue weighted by Crippen LogP contribution is -2.28. The Bertz CT molecular complexity index is 363. The summed E-state index contributed by atoms with van der Waals surface area (Å²) in [7, 11) is 3.84. The third kappa shape index (κ3) is 3.16. The van der Waals surface area contributed by atoms with Gasteiger partial charge in [0.05, 0.1) is 7.11 Å². The Morgan fingerprint density at radius 1 is 1.28 bits per heavy atom. The largest absolute Gasteiger partial charge is 0.497 e. The number of nitrogens with two attached hydrogens (primary N) is 1. The molecule has 0 bridgehead atoms. The Morgan fingerprint density at radius 3 is 2.56 bits per heavy atom. The second-order valence-electron chi connectivity index (χ2n) is 5.26. The minimum absolute atomic E-state index is 0.425. The predicted octanol–water partition coefficient (Wildman–Crippen LogP) is 2.65. The molecule has 2 unspecified atom stereocenters. The van der Waals surface area contributed by atoms with E-state index in [0.717, 1.165) is 12.3 Å². The van der Waals surface area contributed by atoms with Crippen LogP contribution in [0.1, 0.15) is 25.7 Å². The Balaban J connectivity index is 1.84. The summed E-state index contributed by atoms with van der Waals surface area (Å²) in [5, 5.41) is 0. The first-order chi connectivity index (χ1) is 8.70. The van der Waals surface area contributed by atoms with Gasteiger partial charge in [-0.05, 0) is 49.4 Å². The summed E-state index contributed by atoms with van der Waals surface area (Å²) >= 11 is 0. The molecule has 0 saturated heterocycles. The maximum atomic E-state index is 6.11. The van der Waals surface area contributed by atoms with Crippen LogP contribution in [0, 0.1) is 5.92 Å². The molecule has 3 nitrogen and oxygen atoms in total. The highest BCUT2D eigenvalue weighted by molar-refractivity contribution is 5.48. The van der Waals surface area contributed by atoms with Crippen LogP contribution in [0.25, 0.3) is 0 Å². The molecule has 0 aliphatic heterocycles. The topological polar surface area (TPSA) is 38.5 Å². The molecule has 100 valence electrons. The molecule has 0 amide bonds. The molecule has 1 aliphatic carbocycles. The Labute approximate surface area is 110 Å². The van der Waals surface area contributed by atoms with Crippen LogP contribution in [-0.2, 0) is 0 Å². The summed E-state index contributed by atoms with van der Waals surface area (Å²) in [6.45, 7) is 1.07. The standard InChI is InChI=1S/C15H24N2O/c1-17(11-10-12-4-3-5-15(12)16)13-6-8-14(18-2)9-7-13/h6-9,12,15H,3-5,10-11,16H2,1-2H3. The molecule has 1 aromatic rings. The van der Waals surface area contributed by atoms with Crippen LogP contribution in [0.2, 0.25) is 0 Å². The molecule has 0 heterocycles. The van der Waals surface area contributed by atoms with Crippen LogP contribution in [-0.4, -0.2) is 26.7 Å². The van der Waals surface area contributed by atoms with Crippen LogP contribution in [0.15, 0.2) is 24.3 Å². The van der Waals surface area contributed by atoms with Gasteiger partial charge in [0.15, 0.2) is 0 Å². The smallest absolute Gasteiger partial charge is 0.119 e. The highest BCUT2D eigenvalue weighted by Crippen LogP contribution is 2.27. The molecular weight excluding hydrogens is 224 g/mol. The van der Waals surface area contributed by atoms with Crippen molar-refractivity contribution in [3.8, 4) is 5.75 Å². The van der Waals surface area contributed by atoms with E-state index >= 15 is 0 Å². The maximum absolute atomic E-state index is 6.11. The maximum Gasteiger partial charge on any atom is 0.119 e. The average Bonchev–Trinajstić information content (AvgIpc) is 2.81. The summed E-state index contributed by atoms with van der Waals surface area (Å²) in [6, 6.07) is 8.65. The molecule has 3 heteroatoms. The zero-order valence-electron chi connectivity index (χ0n) is 11.4. The van der Waals surface area contributed by atoms with Gasteiger partial charge in [0.2, 0.25) is 0 Å². The van der Waals surface area contributed by atoms with Gasteiger partial charge in [0, 0.05) is 25.3 Å². The van der Waals surface area contributed by atoms with Crippen molar-refractivity contribution in [3.63, 3.8) is 0 Å². The van der Waals surface area contributed by atoms with Crippen molar-refractivity contribution in [2.75, 3.05) is 25.6 Å². The van der Waals surface area contributed by atoms with Crippen LogP contribution in [0.5, 0.6) is 5.75 Å². The van der Waals surface area contributed by atoms with Crippen LogP contribution in [0.4, 0.5) is 5.69 Å². The number of methoxy groups -OCH3 is 1. The molecule has 18 heavy (non-hydrogen) atoms. The third-order valence-electron chi connectivity index (χ3n) is 4.07. The average molecular weight is 248 g/mol. The van der Waals surface area contributed by atoms with E-state index in [9.17, 15) is 0 Å². The number of rotatable bonds is 5. The summed E-state index contributed by atoms with van der Waals surface area (Å²) in [5.74, 6) is 1.62. The van der Waals surface area contributed by atoms with Crippen LogP contribution >= 0.6 is 0 Å². The van der Waals surface area contributed by atoms with E-state index in [1.54, 1.807) is 7.11 Å². The van der Waals surface area contributed by atoms with E-state index in [1.165, 1.54) is 31.4 Å². The van der Waals surface area contributed by atoms with Crippen molar-refractivity contribution in [2.24, 2.45) is 11.7 Å². The lowest BCUT2D eigenvalue weighted by Gasteiger charge is -2.23. The van der Waals surface area contributed by atoms with Crippen molar-refractivity contribution >= 4 is 5.69 Å². The fourth-order valence-electron chi connectivity index (χ4n) is 2.75. The first-order valence-corrected chi connectivity index (χ1v) is 6.81. The van der Waals surface area contributed by atoms with Gasteiger partial charge in [-0.25, -0.2) is 0 Å². The molecule has 1 saturated carbocycles. The predicted molar refractivity (Wildman–Crippen MR) is 76.2 cm³/mol. The molecule has 2 N–H and O–H groups in total. The van der Waals surface area contributed by atoms with E-state index in [2.05, 4.69) is 24.1 Å². The Morgan fingerprint density at radius 2 is 2.00 bits per heavy atom. The first-order valence-electron chi connectivity index (χ1n) is 6.81. The van der Waals surface area contributed by atoms with E-state index in [4.69, 9.17) is 10.5 Å². The van der Waals surface area contributed by atoms with Gasteiger partial charge < -0.3 is 15.4 Å². The second-order valence-corrected chi connectivity index (χ2v) is 5.26. The summed E-state index contributed by atoms with van der Waals surface area (Å²) < 4.78 is 5.17. The number of nitrogens with zero attached hydrogens (tertiary/aromatic N) is 1. The van der Waals surface area contributed by atoms with Gasteiger partial charge in [0.1, 0.15) is 5.75 Å². The van der Waals surface area contributed by atoms with Crippen molar-refractivity contribution in [1.82, 2.24) is 0 Å². The molecular formula is C15H24N2O. The van der Waals surface area contributed by atoms with Crippen LogP contribution in [0.3, 0.4) is 0 Å². The van der Waals surface area contributed by atoms with Gasteiger partial charge in [0.25, 0.3) is 0 Å².